The molecule has 0 aliphatic heterocycles. The maximum atomic E-state index is 12.3. The van der Waals surface area contributed by atoms with Crippen molar-refractivity contribution < 1.29 is 4.79 Å². The van der Waals surface area contributed by atoms with Crippen LogP contribution in [0.15, 0.2) is 42.7 Å². The van der Waals surface area contributed by atoms with E-state index in [0.29, 0.717) is 17.1 Å². The van der Waals surface area contributed by atoms with Crippen LogP contribution in [0.2, 0.25) is 5.02 Å². The second-order valence-corrected chi connectivity index (χ2v) is 5.24. The third-order valence-electron chi connectivity index (χ3n) is 3.21. The Morgan fingerprint density at radius 3 is 2.43 bits per heavy atom. The number of hydrogen-bond donors (Lipinski definition) is 1. The summed E-state index contributed by atoms with van der Waals surface area (Å²) >= 11 is 5.89. The summed E-state index contributed by atoms with van der Waals surface area (Å²) in [7, 11) is 3.65. The lowest BCUT2D eigenvalue weighted by Gasteiger charge is -2.17. The van der Waals surface area contributed by atoms with Crippen molar-refractivity contribution in [2.75, 3.05) is 27.2 Å². The average Bonchev–Trinajstić information content (AvgIpc) is 2.52. The molecule has 23 heavy (non-hydrogen) atoms. The summed E-state index contributed by atoms with van der Waals surface area (Å²) in [6.45, 7) is 1.41. The van der Waals surface area contributed by atoms with Gasteiger partial charge in [0.15, 0.2) is 0 Å². The molecule has 0 aliphatic carbocycles. The Bertz CT molecular complexity index is 620. The van der Waals surface area contributed by atoms with Crippen molar-refractivity contribution >= 4 is 42.3 Å². The van der Waals surface area contributed by atoms with Gasteiger partial charge in [-0.2, -0.15) is 0 Å². The maximum absolute atomic E-state index is 12.3. The Balaban J connectivity index is 0.00000242. The lowest BCUT2D eigenvalue weighted by molar-refractivity contribution is 0.0796. The highest BCUT2D eigenvalue weighted by atomic mass is 35.5. The molecule has 1 N–H and O–H groups in total. The molecular formula is C16H20Cl3N3O. The molecule has 0 atom stereocenters. The first-order chi connectivity index (χ1) is 10.1. The van der Waals surface area contributed by atoms with Crippen LogP contribution in [0.4, 0.5) is 0 Å². The SMILES string of the molecule is CNCCN(C)C(=O)c1cncc(-c2ccc(Cl)cc2)c1.Cl.Cl. The summed E-state index contributed by atoms with van der Waals surface area (Å²) in [5.74, 6) is -0.0337. The van der Waals surface area contributed by atoms with Gasteiger partial charge in [-0.15, -0.1) is 24.8 Å². The minimum atomic E-state index is -0.0337. The van der Waals surface area contributed by atoms with Crippen LogP contribution in [0.1, 0.15) is 10.4 Å². The van der Waals surface area contributed by atoms with Gasteiger partial charge < -0.3 is 10.2 Å². The fourth-order valence-electron chi connectivity index (χ4n) is 1.96. The van der Waals surface area contributed by atoms with Crippen LogP contribution >= 0.6 is 36.4 Å². The predicted octanol–water partition coefficient (Wildman–Crippen LogP) is 3.54. The number of carbonyl (C=O) groups is 1. The fourth-order valence-corrected chi connectivity index (χ4v) is 2.08. The molecule has 0 saturated carbocycles. The summed E-state index contributed by atoms with van der Waals surface area (Å²) in [6, 6.07) is 9.33. The van der Waals surface area contributed by atoms with Gasteiger partial charge in [0.1, 0.15) is 0 Å². The number of nitrogens with one attached hydrogen (secondary N) is 1. The van der Waals surface area contributed by atoms with Crippen molar-refractivity contribution in [3.05, 3.63) is 53.3 Å². The monoisotopic (exact) mass is 375 g/mol. The molecule has 0 saturated heterocycles. The van der Waals surface area contributed by atoms with Crippen LogP contribution in [-0.4, -0.2) is 43.0 Å². The minimum Gasteiger partial charge on any atom is -0.340 e. The van der Waals surface area contributed by atoms with Crippen molar-refractivity contribution in [1.82, 2.24) is 15.2 Å². The molecule has 126 valence electrons. The maximum Gasteiger partial charge on any atom is 0.255 e. The molecule has 0 fully saturated rings. The van der Waals surface area contributed by atoms with Crippen molar-refractivity contribution in [3.63, 3.8) is 0 Å². The molecule has 7 heteroatoms. The van der Waals surface area contributed by atoms with E-state index in [2.05, 4.69) is 10.3 Å². The van der Waals surface area contributed by atoms with Crippen LogP contribution in [0.5, 0.6) is 0 Å². The molecule has 0 aliphatic rings. The van der Waals surface area contributed by atoms with Gasteiger partial charge in [-0.1, -0.05) is 23.7 Å². The average molecular weight is 377 g/mol. The molecule has 1 aromatic heterocycles. The molecule has 0 bridgehead atoms. The van der Waals surface area contributed by atoms with Gasteiger partial charge in [0.05, 0.1) is 5.56 Å². The van der Waals surface area contributed by atoms with E-state index < -0.39 is 0 Å². The van der Waals surface area contributed by atoms with Crippen molar-refractivity contribution in [2.24, 2.45) is 0 Å². The van der Waals surface area contributed by atoms with E-state index >= 15 is 0 Å². The third kappa shape index (κ3) is 5.99. The standard InChI is InChI=1S/C16H18ClN3O.2ClH/c1-18-7-8-20(2)16(21)14-9-13(10-19-11-14)12-3-5-15(17)6-4-12;;/h3-6,9-11,18H,7-8H2,1-2H3;2*1H. The Kier molecular flexibility index (Phi) is 9.84. The Morgan fingerprint density at radius 1 is 1.17 bits per heavy atom. The molecule has 1 amide bonds. The first kappa shape index (κ1) is 21.7. The zero-order valence-electron chi connectivity index (χ0n) is 13.0. The molecule has 2 aromatic rings. The van der Waals surface area contributed by atoms with E-state index in [1.165, 1.54) is 0 Å². The third-order valence-corrected chi connectivity index (χ3v) is 3.46. The number of pyridine rings is 1. The quantitative estimate of drug-likeness (QED) is 0.868. The van der Waals surface area contributed by atoms with Crippen LogP contribution < -0.4 is 5.32 Å². The lowest BCUT2D eigenvalue weighted by atomic mass is 10.1. The summed E-state index contributed by atoms with van der Waals surface area (Å²) < 4.78 is 0. The molecule has 1 aromatic carbocycles. The van der Waals surface area contributed by atoms with Gasteiger partial charge in [0.2, 0.25) is 0 Å². The number of hydrogen-bond acceptors (Lipinski definition) is 3. The highest BCUT2D eigenvalue weighted by Gasteiger charge is 2.12. The zero-order valence-corrected chi connectivity index (χ0v) is 15.3. The summed E-state index contributed by atoms with van der Waals surface area (Å²) in [5.41, 5.74) is 2.47. The first-order valence-corrected chi connectivity index (χ1v) is 7.10. The second-order valence-electron chi connectivity index (χ2n) is 4.80. The summed E-state index contributed by atoms with van der Waals surface area (Å²) in [4.78, 5) is 18.2. The number of amides is 1. The van der Waals surface area contributed by atoms with E-state index in [-0.39, 0.29) is 30.7 Å². The number of nitrogens with zero attached hydrogens (tertiary/aromatic N) is 2. The van der Waals surface area contributed by atoms with Crippen LogP contribution in [0.3, 0.4) is 0 Å². The Hall–Kier alpha value is -1.33. The zero-order chi connectivity index (χ0) is 15.2. The second kappa shape index (κ2) is 10.4. The lowest BCUT2D eigenvalue weighted by Crippen LogP contribution is -2.32. The molecular weight excluding hydrogens is 357 g/mol. The van der Waals surface area contributed by atoms with E-state index in [9.17, 15) is 4.79 Å². The molecule has 0 spiro atoms. The number of benzene rings is 1. The van der Waals surface area contributed by atoms with Gasteiger partial charge >= 0.3 is 0 Å². The van der Waals surface area contributed by atoms with Crippen molar-refractivity contribution in [1.29, 1.82) is 0 Å². The normalized spacial score (nSPS) is 9.52. The van der Waals surface area contributed by atoms with E-state index in [4.69, 9.17) is 11.6 Å². The van der Waals surface area contributed by atoms with Gasteiger partial charge in [-0.05, 0) is 30.8 Å². The highest BCUT2D eigenvalue weighted by Crippen LogP contribution is 2.21. The predicted molar refractivity (Wildman–Crippen MR) is 100 cm³/mol. The number of likely N-dealkylation sites (N-methyl/N-ethyl adjacent to an activating group) is 2. The molecule has 2 rings (SSSR count). The van der Waals surface area contributed by atoms with Gasteiger partial charge in [0.25, 0.3) is 5.91 Å². The fraction of sp³-hybridized carbons (Fsp3) is 0.250. The Morgan fingerprint density at radius 2 is 1.83 bits per heavy atom. The molecule has 0 radical (unpaired) electrons. The van der Waals surface area contributed by atoms with Gasteiger partial charge in [-0.25, -0.2) is 0 Å². The van der Waals surface area contributed by atoms with Crippen LogP contribution in [-0.2, 0) is 0 Å². The number of carbonyl (C=O) groups excluding carboxylic acids is 1. The highest BCUT2D eigenvalue weighted by molar-refractivity contribution is 6.30. The van der Waals surface area contributed by atoms with E-state index in [0.717, 1.165) is 17.7 Å². The minimum absolute atomic E-state index is 0. The smallest absolute Gasteiger partial charge is 0.255 e. The number of halogens is 3. The number of aromatic nitrogens is 1. The summed E-state index contributed by atoms with van der Waals surface area (Å²) in [6.07, 6.45) is 3.34. The first-order valence-electron chi connectivity index (χ1n) is 6.73. The number of rotatable bonds is 5. The topological polar surface area (TPSA) is 45.2 Å². The largest absolute Gasteiger partial charge is 0.340 e. The van der Waals surface area contributed by atoms with E-state index in [1.807, 2.05) is 37.4 Å². The van der Waals surface area contributed by atoms with E-state index in [1.54, 1.807) is 24.3 Å². The van der Waals surface area contributed by atoms with Crippen molar-refractivity contribution in [3.8, 4) is 11.1 Å². The molecule has 0 unspecified atom stereocenters. The summed E-state index contributed by atoms with van der Waals surface area (Å²) in [5, 5.41) is 3.71. The van der Waals surface area contributed by atoms with Crippen molar-refractivity contribution in [2.45, 2.75) is 0 Å². The van der Waals surface area contributed by atoms with Crippen LogP contribution in [0, 0.1) is 0 Å². The van der Waals surface area contributed by atoms with Gasteiger partial charge in [0, 0.05) is 43.1 Å². The van der Waals surface area contributed by atoms with Crippen LogP contribution in [0.25, 0.3) is 11.1 Å². The Labute approximate surface area is 154 Å². The van der Waals surface area contributed by atoms with Gasteiger partial charge in [-0.3, -0.25) is 9.78 Å². The molecule has 1 heterocycles. The molecule has 4 nitrogen and oxygen atoms in total.